The molecule has 2 aromatic carbocycles. The SMILES string of the molecule is Cc1ccc(Cn2nc(C)c(C(=O)N3CCC(C(=O)c4cc(F)ccc4F)CC3)c2Cl)cc1. The third kappa shape index (κ3) is 4.83. The standard InChI is InChI=1S/C25H24ClF2N3O2/c1-15-3-5-17(6-4-15)14-31-24(26)22(16(2)29-31)25(33)30-11-9-18(10-12-30)23(32)20-13-19(27)7-8-21(20)28/h3-8,13,18H,9-12,14H2,1-2H3. The highest BCUT2D eigenvalue weighted by Gasteiger charge is 2.32. The number of likely N-dealkylation sites (tertiary alicyclic amines) is 1. The molecule has 0 unspecified atom stereocenters. The van der Waals surface area contributed by atoms with Crippen molar-refractivity contribution in [2.75, 3.05) is 13.1 Å². The lowest BCUT2D eigenvalue weighted by molar-refractivity contribution is 0.0648. The minimum atomic E-state index is -0.733. The van der Waals surface area contributed by atoms with E-state index in [2.05, 4.69) is 5.10 Å². The second-order valence-electron chi connectivity index (χ2n) is 8.45. The number of nitrogens with zero attached hydrogens (tertiary/aromatic N) is 3. The lowest BCUT2D eigenvalue weighted by Crippen LogP contribution is -2.40. The van der Waals surface area contributed by atoms with Crippen molar-refractivity contribution in [2.24, 2.45) is 5.92 Å². The summed E-state index contributed by atoms with van der Waals surface area (Å²) in [6.07, 6.45) is 0.739. The number of rotatable bonds is 5. The van der Waals surface area contributed by atoms with Gasteiger partial charge in [-0.05, 0) is 50.5 Å². The highest BCUT2D eigenvalue weighted by Crippen LogP contribution is 2.28. The first-order chi connectivity index (χ1) is 15.7. The number of ketones is 1. The number of hydrogen-bond donors (Lipinski definition) is 0. The van der Waals surface area contributed by atoms with Crippen LogP contribution in [0.3, 0.4) is 0 Å². The van der Waals surface area contributed by atoms with Crippen LogP contribution in [0.25, 0.3) is 0 Å². The molecule has 1 amide bonds. The minimum Gasteiger partial charge on any atom is -0.338 e. The molecule has 1 aromatic heterocycles. The molecule has 0 atom stereocenters. The molecule has 5 nitrogen and oxygen atoms in total. The summed E-state index contributed by atoms with van der Waals surface area (Å²) in [6, 6.07) is 10.9. The smallest absolute Gasteiger partial charge is 0.258 e. The molecule has 2 heterocycles. The molecule has 0 spiro atoms. The van der Waals surface area contributed by atoms with Gasteiger partial charge in [-0.1, -0.05) is 41.4 Å². The molecule has 0 N–H and O–H groups in total. The van der Waals surface area contributed by atoms with Gasteiger partial charge in [0, 0.05) is 19.0 Å². The van der Waals surface area contributed by atoms with E-state index in [-0.39, 0.29) is 16.6 Å². The van der Waals surface area contributed by atoms with Crippen molar-refractivity contribution in [1.82, 2.24) is 14.7 Å². The van der Waals surface area contributed by atoms with Gasteiger partial charge in [-0.3, -0.25) is 9.59 Å². The number of carbonyl (C=O) groups excluding carboxylic acids is 2. The normalized spacial score (nSPS) is 14.5. The summed E-state index contributed by atoms with van der Waals surface area (Å²) >= 11 is 6.54. The number of halogens is 3. The third-order valence-electron chi connectivity index (χ3n) is 6.08. The lowest BCUT2D eigenvalue weighted by Gasteiger charge is -2.31. The Morgan fingerprint density at radius 3 is 2.39 bits per heavy atom. The predicted octanol–water partition coefficient (Wildman–Crippen LogP) is 5.21. The molecular weight excluding hydrogens is 448 g/mol. The average molecular weight is 472 g/mol. The number of hydrogen-bond acceptors (Lipinski definition) is 3. The summed E-state index contributed by atoms with van der Waals surface area (Å²) in [5.41, 5.74) is 2.82. The van der Waals surface area contributed by atoms with Crippen molar-refractivity contribution in [3.63, 3.8) is 0 Å². The van der Waals surface area contributed by atoms with Gasteiger partial charge in [0.05, 0.1) is 23.4 Å². The number of amides is 1. The van der Waals surface area contributed by atoms with Gasteiger partial charge in [-0.25, -0.2) is 13.5 Å². The molecule has 0 radical (unpaired) electrons. The van der Waals surface area contributed by atoms with Crippen LogP contribution >= 0.6 is 11.6 Å². The fourth-order valence-corrected chi connectivity index (χ4v) is 4.49. The summed E-state index contributed by atoms with van der Waals surface area (Å²) in [5.74, 6) is -2.52. The molecule has 1 aliphatic rings. The Hall–Kier alpha value is -3.06. The third-order valence-corrected chi connectivity index (χ3v) is 6.46. The van der Waals surface area contributed by atoms with Crippen molar-refractivity contribution in [3.05, 3.63) is 87.2 Å². The highest BCUT2D eigenvalue weighted by atomic mass is 35.5. The maximum absolute atomic E-state index is 14.0. The van der Waals surface area contributed by atoms with Crippen molar-refractivity contribution < 1.29 is 18.4 Å². The maximum Gasteiger partial charge on any atom is 0.258 e. The molecule has 1 saturated heterocycles. The van der Waals surface area contributed by atoms with Gasteiger partial charge < -0.3 is 4.90 Å². The van der Waals surface area contributed by atoms with Crippen molar-refractivity contribution in [1.29, 1.82) is 0 Å². The monoisotopic (exact) mass is 471 g/mol. The van der Waals surface area contributed by atoms with E-state index in [0.717, 1.165) is 29.3 Å². The number of aromatic nitrogens is 2. The van der Waals surface area contributed by atoms with E-state index in [1.807, 2.05) is 31.2 Å². The van der Waals surface area contributed by atoms with Gasteiger partial charge in [0.15, 0.2) is 5.78 Å². The quantitative estimate of drug-likeness (QED) is 0.480. The van der Waals surface area contributed by atoms with Crippen LogP contribution in [0.15, 0.2) is 42.5 Å². The van der Waals surface area contributed by atoms with Gasteiger partial charge in [-0.15, -0.1) is 0 Å². The zero-order valence-electron chi connectivity index (χ0n) is 18.4. The van der Waals surface area contributed by atoms with E-state index in [9.17, 15) is 18.4 Å². The van der Waals surface area contributed by atoms with Crippen LogP contribution in [0.4, 0.5) is 8.78 Å². The van der Waals surface area contributed by atoms with Crippen LogP contribution in [-0.4, -0.2) is 39.5 Å². The first-order valence-corrected chi connectivity index (χ1v) is 11.2. The van der Waals surface area contributed by atoms with Gasteiger partial charge in [0.25, 0.3) is 5.91 Å². The van der Waals surface area contributed by atoms with Crippen LogP contribution in [-0.2, 0) is 6.54 Å². The highest BCUT2D eigenvalue weighted by molar-refractivity contribution is 6.33. The number of benzene rings is 2. The summed E-state index contributed by atoms with van der Waals surface area (Å²) in [5, 5.41) is 4.73. The van der Waals surface area contributed by atoms with E-state index >= 15 is 0 Å². The number of Topliss-reactive ketones (excluding diaryl/α,β-unsaturated/α-hetero) is 1. The molecule has 33 heavy (non-hydrogen) atoms. The van der Waals surface area contributed by atoms with E-state index in [1.54, 1.807) is 16.5 Å². The first-order valence-electron chi connectivity index (χ1n) is 10.8. The average Bonchev–Trinajstić information content (AvgIpc) is 3.08. The van der Waals surface area contributed by atoms with E-state index in [4.69, 9.17) is 11.6 Å². The molecule has 3 aromatic rings. The Balaban J connectivity index is 1.44. The molecule has 4 rings (SSSR count). The largest absolute Gasteiger partial charge is 0.338 e. The minimum absolute atomic E-state index is 0.240. The Labute approximate surface area is 196 Å². The molecule has 8 heteroatoms. The second-order valence-corrected chi connectivity index (χ2v) is 8.81. The van der Waals surface area contributed by atoms with Crippen LogP contribution in [0, 0.1) is 31.4 Å². The molecule has 0 bridgehead atoms. The summed E-state index contributed by atoms with van der Waals surface area (Å²) in [6.45, 7) is 4.85. The summed E-state index contributed by atoms with van der Waals surface area (Å²) in [7, 11) is 0. The van der Waals surface area contributed by atoms with Crippen LogP contribution in [0.5, 0.6) is 0 Å². The van der Waals surface area contributed by atoms with Gasteiger partial charge in [0.1, 0.15) is 16.8 Å². The summed E-state index contributed by atoms with van der Waals surface area (Å²) in [4.78, 5) is 27.5. The van der Waals surface area contributed by atoms with Crippen molar-refractivity contribution >= 4 is 23.3 Å². The Morgan fingerprint density at radius 2 is 1.73 bits per heavy atom. The van der Waals surface area contributed by atoms with Gasteiger partial charge in [0.2, 0.25) is 0 Å². The number of piperidine rings is 1. The van der Waals surface area contributed by atoms with Gasteiger partial charge >= 0.3 is 0 Å². The maximum atomic E-state index is 14.0. The van der Waals surface area contributed by atoms with Crippen LogP contribution in [0.1, 0.15) is 50.4 Å². The fourth-order valence-electron chi connectivity index (χ4n) is 4.18. The van der Waals surface area contributed by atoms with E-state index in [1.165, 1.54) is 0 Å². The molecule has 1 aliphatic heterocycles. The predicted molar refractivity (Wildman–Crippen MR) is 122 cm³/mol. The van der Waals surface area contributed by atoms with E-state index < -0.39 is 23.3 Å². The zero-order chi connectivity index (χ0) is 23.7. The van der Waals surface area contributed by atoms with Crippen molar-refractivity contribution in [2.45, 2.75) is 33.2 Å². The van der Waals surface area contributed by atoms with Crippen LogP contribution < -0.4 is 0 Å². The van der Waals surface area contributed by atoms with E-state index in [0.29, 0.717) is 43.7 Å². The fraction of sp³-hybridized carbons (Fsp3) is 0.320. The molecular formula is C25H24ClF2N3O2. The Kier molecular flexibility index (Phi) is 6.61. The lowest BCUT2D eigenvalue weighted by atomic mass is 9.88. The molecule has 0 aliphatic carbocycles. The molecule has 0 saturated carbocycles. The number of carbonyl (C=O) groups is 2. The number of aryl methyl sites for hydroxylation is 2. The second kappa shape index (κ2) is 9.43. The molecule has 1 fully saturated rings. The topological polar surface area (TPSA) is 55.2 Å². The van der Waals surface area contributed by atoms with Crippen LogP contribution in [0.2, 0.25) is 5.15 Å². The first kappa shape index (κ1) is 23.1. The Bertz CT molecular complexity index is 1200. The zero-order valence-corrected chi connectivity index (χ0v) is 19.2. The summed E-state index contributed by atoms with van der Waals surface area (Å²) < 4.78 is 29.1. The molecule has 172 valence electrons. The van der Waals surface area contributed by atoms with Gasteiger partial charge in [-0.2, -0.15) is 5.10 Å². The van der Waals surface area contributed by atoms with Crippen molar-refractivity contribution in [3.8, 4) is 0 Å². The Morgan fingerprint density at radius 1 is 1.06 bits per heavy atom.